The van der Waals surface area contributed by atoms with E-state index in [9.17, 15) is 0 Å². The average Bonchev–Trinajstić information content (AvgIpc) is 3.52. The highest BCUT2D eigenvalue weighted by atomic mass is 15.1. The van der Waals surface area contributed by atoms with Crippen LogP contribution in [0.2, 0.25) is 0 Å². The highest BCUT2D eigenvalue weighted by Crippen LogP contribution is 2.37. The molecular formula is C43H28N2. The van der Waals surface area contributed by atoms with Gasteiger partial charge in [-0.3, -0.25) is 4.57 Å². The molecule has 0 spiro atoms. The standard InChI is InChI=1S/C43H28N2/c1-2-10-29(11-3-1)30-18-20-32(21-19-30)43-44-41-16-8-9-17-42(41)45(43)34-25-22-31(23-26-34)33-24-27-39-37-14-5-4-12-35(37)36-13-6-7-15-38(36)40(39)28-33/h1-28H. The third kappa shape index (κ3) is 4.22. The molecule has 8 aromatic carbocycles. The summed E-state index contributed by atoms with van der Waals surface area (Å²) in [4.78, 5) is 5.09. The molecule has 2 nitrogen and oxygen atoms in total. The zero-order valence-electron chi connectivity index (χ0n) is 24.6. The van der Waals surface area contributed by atoms with Gasteiger partial charge < -0.3 is 0 Å². The van der Waals surface area contributed by atoms with E-state index < -0.39 is 0 Å². The van der Waals surface area contributed by atoms with Crippen LogP contribution in [0.25, 0.3) is 82.7 Å². The van der Waals surface area contributed by atoms with Crippen LogP contribution < -0.4 is 0 Å². The van der Waals surface area contributed by atoms with Crippen LogP contribution in [0.1, 0.15) is 0 Å². The van der Waals surface area contributed by atoms with Gasteiger partial charge in [0.2, 0.25) is 0 Å². The van der Waals surface area contributed by atoms with Crippen LogP contribution in [0, 0.1) is 0 Å². The minimum absolute atomic E-state index is 0.938. The molecule has 1 aromatic heterocycles. The average molecular weight is 573 g/mol. The van der Waals surface area contributed by atoms with Gasteiger partial charge in [0.05, 0.1) is 11.0 Å². The van der Waals surface area contributed by atoms with Crippen molar-refractivity contribution < 1.29 is 0 Å². The molecular weight excluding hydrogens is 544 g/mol. The number of fused-ring (bicyclic) bond motifs is 7. The minimum atomic E-state index is 0.938. The lowest BCUT2D eigenvalue weighted by Gasteiger charge is -2.13. The van der Waals surface area contributed by atoms with Gasteiger partial charge in [0.25, 0.3) is 0 Å². The molecule has 0 fully saturated rings. The Balaban J connectivity index is 1.14. The molecule has 0 aliphatic rings. The minimum Gasteiger partial charge on any atom is -0.292 e. The normalized spacial score (nSPS) is 11.6. The molecule has 45 heavy (non-hydrogen) atoms. The topological polar surface area (TPSA) is 17.8 Å². The van der Waals surface area contributed by atoms with Crippen LogP contribution in [0.15, 0.2) is 170 Å². The summed E-state index contributed by atoms with van der Waals surface area (Å²) in [6, 6.07) is 60.9. The molecule has 0 saturated heterocycles. The van der Waals surface area contributed by atoms with E-state index in [2.05, 4.69) is 174 Å². The van der Waals surface area contributed by atoms with Crippen molar-refractivity contribution >= 4 is 43.4 Å². The summed E-state index contributed by atoms with van der Waals surface area (Å²) in [5.41, 5.74) is 9.06. The van der Waals surface area contributed by atoms with Crippen molar-refractivity contribution in [2.45, 2.75) is 0 Å². The Bertz CT molecular complexity index is 2470. The van der Waals surface area contributed by atoms with Crippen LogP contribution in [0.3, 0.4) is 0 Å². The smallest absolute Gasteiger partial charge is 0.145 e. The Morgan fingerprint density at radius 3 is 1.49 bits per heavy atom. The molecule has 0 bridgehead atoms. The second kappa shape index (κ2) is 10.3. The number of nitrogens with zero attached hydrogens (tertiary/aromatic N) is 2. The fourth-order valence-corrected chi connectivity index (χ4v) is 6.81. The summed E-state index contributed by atoms with van der Waals surface area (Å²) in [6.45, 7) is 0. The predicted molar refractivity (Wildman–Crippen MR) is 190 cm³/mol. The molecule has 1 heterocycles. The number of aromatic nitrogens is 2. The van der Waals surface area contributed by atoms with Crippen LogP contribution in [0.5, 0.6) is 0 Å². The number of hydrogen-bond acceptors (Lipinski definition) is 1. The van der Waals surface area contributed by atoms with E-state index in [4.69, 9.17) is 4.98 Å². The van der Waals surface area contributed by atoms with Crippen LogP contribution >= 0.6 is 0 Å². The monoisotopic (exact) mass is 572 g/mol. The van der Waals surface area contributed by atoms with Crippen molar-refractivity contribution in [2.24, 2.45) is 0 Å². The Labute approximate surface area is 261 Å². The summed E-state index contributed by atoms with van der Waals surface area (Å²) in [7, 11) is 0. The largest absolute Gasteiger partial charge is 0.292 e. The summed E-state index contributed by atoms with van der Waals surface area (Å²) in [5.74, 6) is 0.938. The Morgan fingerprint density at radius 2 is 0.800 bits per heavy atom. The summed E-state index contributed by atoms with van der Waals surface area (Å²) in [6.07, 6.45) is 0. The second-order valence-corrected chi connectivity index (χ2v) is 11.6. The van der Waals surface area contributed by atoms with E-state index in [0.717, 1.165) is 28.1 Å². The zero-order chi connectivity index (χ0) is 29.7. The van der Waals surface area contributed by atoms with E-state index in [0.29, 0.717) is 0 Å². The lowest BCUT2D eigenvalue weighted by atomic mass is 9.92. The van der Waals surface area contributed by atoms with Crippen molar-refractivity contribution in [1.82, 2.24) is 9.55 Å². The number of para-hydroxylation sites is 2. The third-order valence-corrected chi connectivity index (χ3v) is 9.01. The molecule has 9 aromatic rings. The lowest BCUT2D eigenvalue weighted by molar-refractivity contribution is 1.10. The molecule has 0 aliphatic carbocycles. The van der Waals surface area contributed by atoms with Gasteiger partial charge in [0.15, 0.2) is 0 Å². The fourth-order valence-electron chi connectivity index (χ4n) is 6.81. The van der Waals surface area contributed by atoms with Gasteiger partial charge in [0.1, 0.15) is 5.82 Å². The van der Waals surface area contributed by atoms with Crippen molar-refractivity contribution in [3.05, 3.63) is 170 Å². The first-order valence-electron chi connectivity index (χ1n) is 15.4. The molecule has 0 unspecified atom stereocenters. The highest BCUT2D eigenvalue weighted by Gasteiger charge is 2.15. The highest BCUT2D eigenvalue weighted by molar-refractivity contribution is 6.25. The molecule has 0 N–H and O–H groups in total. The van der Waals surface area contributed by atoms with Gasteiger partial charge >= 0.3 is 0 Å². The van der Waals surface area contributed by atoms with Crippen molar-refractivity contribution in [3.63, 3.8) is 0 Å². The molecule has 9 rings (SSSR count). The lowest BCUT2D eigenvalue weighted by Crippen LogP contribution is -1.97. The van der Waals surface area contributed by atoms with Crippen molar-refractivity contribution in [3.8, 4) is 39.3 Å². The van der Waals surface area contributed by atoms with Crippen LogP contribution in [-0.2, 0) is 0 Å². The van der Waals surface area contributed by atoms with E-state index >= 15 is 0 Å². The van der Waals surface area contributed by atoms with Gasteiger partial charge in [-0.1, -0.05) is 140 Å². The molecule has 0 atom stereocenters. The first-order valence-corrected chi connectivity index (χ1v) is 15.4. The molecule has 0 aliphatic heterocycles. The molecule has 0 amide bonds. The summed E-state index contributed by atoms with van der Waals surface area (Å²) < 4.78 is 2.27. The molecule has 2 heteroatoms. The Morgan fingerprint density at radius 1 is 0.333 bits per heavy atom. The summed E-state index contributed by atoms with van der Waals surface area (Å²) in [5, 5.41) is 7.76. The number of benzene rings is 8. The Hall–Kier alpha value is -5.99. The first kappa shape index (κ1) is 25.5. The number of imidazole rings is 1. The maximum atomic E-state index is 5.09. The fraction of sp³-hybridized carbons (Fsp3) is 0. The quantitative estimate of drug-likeness (QED) is 0.192. The van der Waals surface area contributed by atoms with Crippen molar-refractivity contribution in [1.29, 1.82) is 0 Å². The Kier molecular flexibility index (Phi) is 5.85. The predicted octanol–water partition coefficient (Wildman–Crippen LogP) is 11.5. The van der Waals surface area contributed by atoms with Gasteiger partial charge in [-0.15, -0.1) is 0 Å². The van der Waals surface area contributed by atoms with Gasteiger partial charge in [-0.25, -0.2) is 4.98 Å². The van der Waals surface area contributed by atoms with Crippen molar-refractivity contribution in [2.75, 3.05) is 0 Å². The molecule has 0 radical (unpaired) electrons. The van der Waals surface area contributed by atoms with E-state index in [1.807, 2.05) is 0 Å². The molecule has 210 valence electrons. The molecule has 0 saturated carbocycles. The maximum Gasteiger partial charge on any atom is 0.145 e. The number of hydrogen-bond donors (Lipinski definition) is 0. The van der Waals surface area contributed by atoms with E-state index in [1.54, 1.807) is 0 Å². The van der Waals surface area contributed by atoms with Gasteiger partial charge in [-0.2, -0.15) is 0 Å². The first-order chi connectivity index (χ1) is 22.3. The van der Waals surface area contributed by atoms with E-state index in [-0.39, 0.29) is 0 Å². The van der Waals surface area contributed by atoms with Crippen LogP contribution in [0.4, 0.5) is 0 Å². The SMILES string of the molecule is c1ccc(-c2ccc(-c3nc4ccccc4n3-c3ccc(-c4ccc5c6ccccc6c6ccccc6c5c4)cc3)cc2)cc1. The van der Waals surface area contributed by atoms with Crippen LogP contribution in [-0.4, -0.2) is 9.55 Å². The third-order valence-electron chi connectivity index (χ3n) is 9.01. The second-order valence-electron chi connectivity index (χ2n) is 11.6. The van der Waals surface area contributed by atoms with Gasteiger partial charge in [0, 0.05) is 11.3 Å². The van der Waals surface area contributed by atoms with E-state index in [1.165, 1.54) is 54.6 Å². The number of rotatable bonds is 4. The van der Waals surface area contributed by atoms with Gasteiger partial charge in [-0.05, 0) is 84.9 Å². The maximum absolute atomic E-state index is 5.09. The zero-order valence-corrected chi connectivity index (χ0v) is 24.6. The summed E-state index contributed by atoms with van der Waals surface area (Å²) >= 11 is 0.